The molecule has 0 aliphatic rings. The van der Waals surface area contributed by atoms with E-state index in [1.54, 1.807) is 12.2 Å². The number of halogens is 1. The quantitative estimate of drug-likeness (QED) is 0.473. The summed E-state index contributed by atoms with van der Waals surface area (Å²) in [7, 11) is 0. The Morgan fingerprint density at radius 1 is 1.12 bits per heavy atom. The fourth-order valence-corrected chi connectivity index (χ4v) is 0.235. The zero-order chi connectivity index (χ0) is 5.54. The topological polar surface area (TPSA) is 9.23 Å². The van der Waals surface area contributed by atoms with Crippen molar-refractivity contribution in [2.45, 2.75) is 0 Å². The maximum Gasteiger partial charge on any atom is 0.0649 e. The van der Waals surface area contributed by atoms with Gasteiger partial charge in [0.1, 0.15) is 0 Å². The molecule has 1 nitrogen and oxygen atoms in total. The maximum absolute atomic E-state index is 4.90. The van der Waals surface area contributed by atoms with Gasteiger partial charge in [-0.15, -0.1) is 30.1 Å². The van der Waals surface area contributed by atoms with Gasteiger partial charge >= 0.3 is 0 Å². The Balaban J connectivity index is 0. The van der Waals surface area contributed by atoms with E-state index in [0.29, 0.717) is 13.2 Å². The smallest absolute Gasteiger partial charge is 0.0649 e. The lowest BCUT2D eigenvalue weighted by atomic mass is 10.6. The third-order valence-electron chi connectivity index (χ3n) is 0.471. The highest BCUT2D eigenvalue weighted by Crippen LogP contribution is 1.72. The van der Waals surface area contributed by atoms with E-state index in [-0.39, 0.29) is 17.0 Å². The maximum atomic E-state index is 4.90. The molecular weight excluding hydrogens is 168 g/mol. The summed E-state index contributed by atoms with van der Waals surface area (Å²) < 4.78 is 4.90. The minimum absolute atomic E-state index is 0. The van der Waals surface area contributed by atoms with Gasteiger partial charge in [-0.25, -0.2) is 0 Å². The first-order chi connectivity index (χ1) is 3.41. The number of ether oxygens (including phenoxy) is 1. The van der Waals surface area contributed by atoms with Crippen LogP contribution in [0, 0.1) is 0 Å². The van der Waals surface area contributed by atoms with Gasteiger partial charge in [-0.3, -0.25) is 0 Å². The minimum Gasteiger partial charge on any atom is -0.373 e. The van der Waals surface area contributed by atoms with E-state index < -0.39 is 0 Å². The SMILES string of the molecule is Br.C=CCOCC=C. The lowest BCUT2D eigenvalue weighted by molar-refractivity contribution is 0.194. The van der Waals surface area contributed by atoms with Crippen LogP contribution in [0.3, 0.4) is 0 Å². The number of hydrogen-bond acceptors (Lipinski definition) is 1. The third kappa shape index (κ3) is 9.33. The molecule has 0 aliphatic heterocycles. The van der Waals surface area contributed by atoms with Crippen LogP contribution < -0.4 is 0 Å². The summed E-state index contributed by atoms with van der Waals surface area (Å²) in [4.78, 5) is 0. The molecule has 0 unspecified atom stereocenters. The standard InChI is InChI=1S/C6H10O.BrH/c1-3-5-7-6-4-2;/h3-4H,1-2,5-6H2;1H. The molecule has 0 bridgehead atoms. The van der Waals surface area contributed by atoms with Crippen molar-refractivity contribution in [2.75, 3.05) is 13.2 Å². The number of rotatable bonds is 4. The highest BCUT2D eigenvalue weighted by molar-refractivity contribution is 8.93. The van der Waals surface area contributed by atoms with Gasteiger partial charge in [0.25, 0.3) is 0 Å². The minimum atomic E-state index is 0. The molecule has 0 aromatic carbocycles. The first-order valence-electron chi connectivity index (χ1n) is 2.21. The Kier molecular flexibility index (Phi) is 13.6. The van der Waals surface area contributed by atoms with Crippen molar-refractivity contribution in [2.24, 2.45) is 0 Å². The van der Waals surface area contributed by atoms with Gasteiger partial charge in [-0.1, -0.05) is 12.2 Å². The Morgan fingerprint density at radius 3 is 1.75 bits per heavy atom. The van der Waals surface area contributed by atoms with Crippen molar-refractivity contribution in [3.63, 3.8) is 0 Å². The van der Waals surface area contributed by atoms with Crippen LogP contribution in [0.5, 0.6) is 0 Å². The highest BCUT2D eigenvalue weighted by Gasteiger charge is 1.70. The van der Waals surface area contributed by atoms with Gasteiger partial charge in [-0.2, -0.15) is 0 Å². The Bertz CT molecular complexity index is 53.5. The van der Waals surface area contributed by atoms with Crippen molar-refractivity contribution in [1.82, 2.24) is 0 Å². The summed E-state index contributed by atoms with van der Waals surface area (Å²) in [6.07, 6.45) is 3.42. The molecule has 0 saturated carbocycles. The van der Waals surface area contributed by atoms with E-state index in [1.807, 2.05) is 0 Å². The number of hydrogen-bond donors (Lipinski definition) is 0. The molecule has 2 heteroatoms. The van der Waals surface area contributed by atoms with E-state index in [1.165, 1.54) is 0 Å². The van der Waals surface area contributed by atoms with Crippen LogP contribution in [-0.4, -0.2) is 13.2 Å². The Labute approximate surface area is 60.8 Å². The molecule has 0 amide bonds. The normalized spacial score (nSPS) is 7.00. The molecule has 0 radical (unpaired) electrons. The van der Waals surface area contributed by atoms with E-state index in [2.05, 4.69) is 13.2 Å². The van der Waals surface area contributed by atoms with E-state index in [9.17, 15) is 0 Å². The lowest BCUT2D eigenvalue weighted by Crippen LogP contribution is -1.87. The fraction of sp³-hybridized carbons (Fsp3) is 0.333. The molecular formula is C6H11BrO. The summed E-state index contributed by atoms with van der Waals surface area (Å²) in [6.45, 7) is 8.18. The third-order valence-corrected chi connectivity index (χ3v) is 0.471. The largest absolute Gasteiger partial charge is 0.373 e. The van der Waals surface area contributed by atoms with Crippen molar-refractivity contribution in [1.29, 1.82) is 0 Å². The molecule has 0 aromatic rings. The molecule has 0 heterocycles. The monoisotopic (exact) mass is 178 g/mol. The first-order valence-corrected chi connectivity index (χ1v) is 2.21. The van der Waals surface area contributed by atoms with Crippen molar-refractivity contribution in [3.8, 4) is 0 Å². The molecule has 0 atom stereocenters. The molecule has 8 heavy (non-hydrogen) atoms. The van der Waals surface area contributed by atoms with Gasteiger partial charge in [0.2, 0.25) is 0 Å². The second-order valence-electron chi connectivity index (χ2n) is 1.11. The van der Waals surface area contributed by atoms with Crippen LogP contribution in [0.25, 0.3) is 0 Å². The molecule has 0 aromatic heterocycles. The van der Waals surface area contributed by atoms with Gasteiger partial charge in [0.05, 0.1) is 13.2 Å². The summed E-state index contributed by atoms with van der Waals surface area (Å²) in [5.41, 5.74) is 0. The summed E-state index contributed by atoms with van der Waals surface area (Å²) in [5, 5.41) is 0. The summed E-state index contributed by atoms with van der Waals surface area (Å²) in [6, 6.07) is 0. The van der Waals surface area contributed by atoms with E-state index in [0.717, 1.165) is 0 Å². The van der Waals surface area contributed by atoms with Gasteiger partial charge in [0, 0.05) is 0 Å². The highest BCUT2D eigenvalue weighted by atomic mass is 79.9. The lowest BCUT2D eigenvalue weighted by Gasteiger charge is -1.89. The summed E-state index contributed by atoms with van der Waals surface area (Å²) in [5.74, 6) is 0. The second-order valence-corrected chi connectivity index (χ2v) is 1.11. The predicted octanol–water partition coefficient (Wildman–Crippen LogP) is 1.95. The van der Waals surface area contributed by atoms with Gasteiger partial charge in [0.15, 0.2) is 0 Å². The first kappa shape index (κ1) is 10.8. The molecule has 0 N–H and O–H groups in total. The average molecular weight is 179 g/mol. The fourth-order valence-electron chi connectivity index (χ4n) is 0.235. The van der Waals surface area contributed by atoms with Crippen LogP contribution in [0.15, 0.2) is 25.3 Å². The van der Waals surface area contributed by atoms with E-state index in [4.69, 9.17) is 4.74 Å². The van der Waals surface area contributed by atoms with Crippen LogP contribution >= 0.6 is 17.0 Å². The molecule has 0 rings (SSSR count). The molecule has 48 valence electrons. The molecule has 0 fully saturated rings. The molecule has 0 saturated heterocycles. The van der Waals surface area contributed by atoms with Gasteiger partial charge < -0.3 is 4.74 Å². The van der Waals surface area contributed by atoms with Crippen LogP contribution in [-0.2, 0) is 4.74 Å². The Morgan fingerprint density at radius 2 is 1.50 bits per heavy atom. The zero-order valence-electron chi connectivity index (χ0n) is 4.80. The van der Waals surface area contributed by atoms with Crippen molar-refractivity contribution in [3.05, 3.63) is 25.3 Å². The van der Waals surface area contributed by atoms with Crippen molar-refractivity contribution >= 4 is 17.0 Å². The zero-order valence-corrected chi connectivity index (χ0v) is 6.51. The van der Waals surface area contributed by atoms with Crippen molar-refractivity contribution < 1.29 is 4.74 Å². The molecule has 0 spiro atoms. The van der Waals surface area contributed by atoms with Gasteiger partial charge in [-0.05, 0) is 0 Å². The van der Waals surface area contributed by atoms with E-state index >= 15 is 0 Å². The summed E-state index contributed by atoms with van der Waals surface area (Å²) >= 11 is 0. The Hall–Kier alpha value is -0.0800. The average Bonchev–Trinajstić information content (AvgIpc) is 1.69. The van der Waals surface area contributed by atoms with Crippen LogP contribution in [0.4, 0.5) is 0 Å². The second kappa shape index (κ2) is 10.0. The van der Waals surface area contributed by atoms with Crippen LogP contribution in [0.1, 0.15) is 0 Å². The molecule has 0 aliphatic carbocycles. The predicted molar refractivity (Wildman–Crippen MR) is 41.5 cm³/mol. The van der Waals surface area contributed by atoms with Crippen LogP contribution in [0.2, 0.25) is 0 Å².